The van der Waals surface area contributed by atoms with Gasteiger partial charge in [0, 0.05) is 11.4 Å². The summed E-state index contributed by atoms with van der Waals surface area (Å²) in [5.41, 5.74) is 1.05. The van der Waals surface area contributed by atoms with Crippen LogP contribution in [0, 0.1) is 5.92 Å². The molecule has 1 fully saturated rings. The molecule has 110 valence electrons. The van der Waals surface area contributed by atoms with Crippen molar-refractivity contribution in [2.75, 3.05) is 13.1 Å². The van der Waals surface area contributed by atoms with Crippen molar-refractivity contribution in [3.05, 3.63) is 34.9 Å². The first-order valence-corrected chi connectivity index (χ1v) is 7.78. The lowest BCUT2D eigenvalue weighted by atomic mass is 9.93. The molecule has 1 amide bonds. The summed E-state index contributed by atoms with van der Waals surface area (Å²) in [5.74, 6) is 0.833. The zero-order valence-electron chi connectivity index (χ0n) is 12.0. The van der Waals surface area contributed by atoms with E-state index in [-0.39, 0.29) is 11.9 Å². The van der Waals surface area contributed by atoms with Gasteiger partial charge in [-0.15, -0.1) is 0 Å². The second-order valence-corrected chi connectivity index (χ2v) is 6.01. The number of halogens is 1. The van der Waals surface area contributed by atoms with E-state index in [1.54, 1.807) is 0 Å². The van der Waals surface area contributed by atoms with Gasteiger partial charge in [-0.05, 0) is 62.9 Å². The van der Waals surface area contributed by atoms with E-state index in [2.05, 4.69) is 10.6 Å². The molecule has 3 nitrogen and oxygen atoms in total. The highest BCUT2D eigenvalue weighted by atomic mass is 35.5. The number of carbonyl (C=O) groups is 1. The predicted molar refractivity (Wildman–Crippen MR) is 82.8 cm³/mol. The van der Waals surface area contributed by atoms with Crippen LogP contribution < -0.4 is 10.6 Å². The van der Waals surface area contributed by atoms with Crippen molar-refractivity contribution >= 4 is 17.5 Å². The Balaban J connectivity index is 1.76. The van der Waals surface area contributed by atoms with Gasteiger partial charge in [0.05, 0.1) is 6.04 Å². The number of piperidine rings is 1. The first kappa shape index (κ1) is 15.3. The van der Waals surface area contributed by atoms with Crippen LogP contribution in [0.5, 0.6) is 0 Å². The molecule has 1 atom stereocenters. The molecule has 0 saturated carbocycles. The Bertz CT molecular complexity index is 444. The molecule has 2 N–H and O–H groups in total. The van der Waals surface area contributed by atoms with Crippen LogP contribution in [0.15, 0.2) is 24.3 Å². The van der Waals surface area contributed by atoms with Gasteiger partial charge in [0.1, 0.15) is 0 Å². The zero-order valence-corrected chi connectivity index (χ0v) is 12.7. The van der Waals surface area contributed by atoms with Gasteiger partial charge in [-0.25, -0.2) is 0 Å². The highest BCUT2D eigenvalue weighted by molar-refractivity contribution is 6.30. The van der Waals surface area contributed by atoms with Gasteiger partial charge in [0.2, 0.25) is 5.91 Å². The molecule has 1 heterocycles. The topological polar surface area (TPSA) is 41.1 Å². The van der Waals surface area contributed by atoms with Crippen LogP contribution in [0.4, 0.5) is 0 Å². The van der Waals surface area contributed by atoms with Crippen LogP contribution >= 0.6 is 11.6 Å². The van der Waals surface area contributed by atoms with Gasteiger partial charge in [-0.2, -0.15) is 0 Å². The maximum absolute atomic E-state index is 12.0. The van der Waals surface area contributed by atoms with Gasteiger partial charge in [-0.1, -0.05) is 23.7 Å². The number of benzene rings is 1. The lowest BCUT2D eigenvalue weighted by Crippen LogP contribution is -2.30. The Morgan fingerprint density at radius 2 is 2.20 bits per heavy atom. The molecule has 4 heteroatoms. The van der Waals surface area contributed by atoms with Crippen molar-refractivity contribution in [2.24, 2.45) is 5.92 Å². The standard InChI is InChI=1S/C16H23ClN2O/c1-12(14-3-2-4-15(17)11-14)19-16(20)6-5-13-7-9-18-10-8-13/h2-4,11-13,18H,5-10H2,1H3,(H,19,20)/t12-/m0/s1. The molecular formula is C16H23ClN2O. The molecule has 1 aliphatic rings. The van der Waals surface area contributed by atoms with Crippen molar-refractivity contribution < 1.29 is 4.79 Å². The normalized spacial score (nSPS) is 17.7. The fourth-order valence-corrected chi connectivity index (χ4v) is 2.88. The van der Waals surface area contributed by atoms with Crippen LogP contribution in [0.3, 0.4) is 0 Å². The number of hydrogen-bond acceptors (Lipinski definition) is 2. The third kappa shape index (κ3) is 4.80. The molecule has 1 saturated heterocycles. The second-order valence-electron chi connectivity index (χ2n) is 5.58. The van der Waals surface area contributed by atoms with E-state index in [1.165, 1.54) is 12.8 Å². The van der Waals surface area contributed by atoms with E-state index in [4.69, 9.17) is 11.6 Å². The van der Waals surface area contributed by atoms with Crippen LogP contribution in [-0.4, -0.2) is 19.0 Å². The number of nitrogens with one attached hydrogen (secondary N) is 2. The molecule has 0 radical (unpaired) electrons. The summed E-state index contributed by atoms with van der Waals surface area (Å²) in [7, 11) is 0. The van der Waals surface area contributed by atoms with Crippen LogP contribution in [0.2, 0.25) is 5.02 Å². The van der Waals surface area contributed by atoms with Gasteiger partial charge in [0.25, 0.3) is 0 Å². The fourth-order valence-electron chi connectivity index (χ4n) is 2.68. The average Bonchev–Trinajstić information content (AvgIpc) is 2.46. The summed E-state index contributed by atoms with van der Waals surface area (Å²) in [4.78, 5) is 12.0. The van der Waals surface area contributed by atoms with Crippen molar-refractivity contribution in [2.45, 2.75) is 38.6 Å². The first-order chi connectivity index (χ1) is 9.65. The molecule has 2 rings (SSSR count). The predicted octanol–water partition coefficient (Wildman–Crippen LogP) is 3.30. The van der Waals surface area contributed by atoms with E-state index in [0.717, 1.165) is 25.1 Å². The van der Waals surface area contributed by atoms with E-state index in [1.807, 2.05) is 31.2 Å². The van der Waals surface area contributed by atoms with E-state index < -0.39 is 0 Å². The highest BCUT2D eigenvalue weighted by Crippen LogP contribution is 2.19. The lowest BCUT2D eigenvalue weighted by molar-refractivity contribution is -0.122. The van der Waals surface area contributed by atoms with Crippen molar-refractivity contribution in [1.82, 2.24) is 10.6 Å². The van der Waals surface area contributed by atoms with E-state index in [0.29, 0.717) is 17.4 Å². The molecule has 1 aliphatic heterocycles. The number of amides is 1. The summed E-state index contributed by atoms with van der Waals surface area (Å²) in [6.07, 6.45) is 4.00. The molecule has 0 aliphatic carbocycles. The second kappa shape index (κ2) is 7.65. The summed E-state index contributed by atoms with van der Waals surface area (Å²) in [6.45, 7) is 4.17. The number of rotatable bonds is 5. The minimum atomic E-state index is 0.00854. The number of hydrogen-bond donors (Lipinski definition) is 2. The zero-order chi connectivity index (χ0) is 14.4. The minimum Gasteiger partial charge on any atom is -0.350 e. The monoisotopic (exact) mass is 294 g/mol. The smallest absolute Gasteiger partial charge is 0.220 e. The molecule has 1 aromatic rings. The molecule has 20 heavy (non-hydrogen) atoms. The Morgan fingerprint density at radius 3 is 2.90 bits per heavy atom. The summed E-state index contributed by atoms with van der Waals surface area (Å²) < 4.78 is 0. The molecule has 0 spiro atoms. The average molecular weight is 295 g/mol. The molecule has 0 aromatic heterocycles. The maximum atomic E-state index is 12.0. The molecule has 0 unspecified atom stereocenters. The molecule has 0 bridgehead atoms. The third-order valence-electron chi connectivity index (χ3n) is 3.96. The Hall–Kier alpha value is -1.06. The third-order valence-corrected chi connectivity index (χ3v) is 4.20. The van der Waals surface area contributed by atoms with E-state index in [9.17, 15) is 4.79 Å². The quantitative estimate of drug-likeness (QED) is 0.875. The van der Waals surface area contributed by atoms with Gasteiger partial charge in [-0.3, -0.25) is 4.79 Å². The SMILES string of the molecule is C[C@H](NC(=O)CCC1CCNCC1)c1cccc(Cl)c1. The summed E-state index contributed by atoms with van der Waals surface area (Å²) in [6, 6.07) is 7.66. The lowest BCUT2D eigenvalue weighted by Gasteiger charge is -2.22. The van der Waals surface area contributed by atoms with Crippen LogP contribution in [0.1, 0.15) is 44.2 Å². The number of carbonyl (C=O) groups excluding carboxylic acids is 1. The fraction of sp³-hybridized carbons (Fsp3) is 0.562. The van der Waals surface area contributed by atoms with Crippen molar-refractivity contribution in [1.29, 1.82) is 0 Å². The van der Waals surface area contributed by atoms with Gasteiger partial charge >= 0.3 is 0 Å². The Labute approximate surface area is 126 Å². The van der Waals surface area contributed by atoms with Crippen LogP contribution in [-0.2, 0) is 4.79 Å². The Kier molecular flexibility index (Phi) is 5.86. The van der Waals surface area contributed by atoms with Crippen molar-refractivity contribution in [3.8, 4) is 0 Å². The minimum absolute atomic E-state index is 0.00854. The van der Waals surface area contributed by atoms with Gasteiger partial charge in [0.15, 0.2) is 0 Å². The molecular weight excluding hydrogens is 272 g/mol. The summed E-state index contributed by atoms with van der Waals surface area (Å²) >= 11 is 5.97. The maximum Gasteiger partial charge on any atom is 0.220 e. The van der Waals surface area contributed by atoms with Gasteiger partial charge < -0.3 is 10.6 Å². The summed E-state index contributed by atoms with van der Waals surface area (Å²) in [5, 5.41) is 7.10. The highest BCUT2D eigenvalue weighted by Gasteiger charge is 2.15. The largest absolute Gasteiger partial charge is 0.350 e. The van der Waals surface area contributed by atoms with Crippen LogP contribution in [0.25, 0.3) is 0 Å². The van der Waals surface area contributed by atoms with E-state index >= 15 is 0 Å². The Morgan fingerprint density at radius 1 is 1.45 bits per heavy atom. The van der Waals surface area contributed by atoms with Crippen molar-refractivity contribution in [3.63, 3.8) is 0 Å². The first-order valence-electron chi connectivity index (χ1n) is 7.40. The molecule has 1 aromatic carbocycles.